The third-order valence-corrected chi connectivity index (χ3v) is 3.78. The molecule has 5 N–H and O–H groups in total. The first-order valence-corrected chi connectivity index (χ1v) is 14.1. The zero-order valence-corrected chi connectivity index (χ0v) is 26.3. The normalized spacial score (nSPS) is 8.65. The Morgan fingerprint density at radius 2 is 0.349 bits per heavy atom. The van der Waals surface area contributed by atoms with Crippen molar-refractivity contribution in [2.24, 2.45) is 11.8 Å². The molecule has 43 heavy (non-hydrogen) atoms. The molecule has 0 heterocycles. The summed E-state index contributed by atoms with van der Waals surface area (Å²) in [5, 5.41) is 43.2. The maximum atomic E-state index is 8.63. The Labute approximate surface area is 259 Å². The summed E-state index contributed by atoms with van der Waals surface area (Å²) in [5.74, 6) is 3.28. The molecule has 0 bridgehead atoms. The lowest BCUT2D eigenvalue weighted by Gasteiger charge is -1.82. The highest BCUT2D eigenvalue weighted by Gasteiger charge is 1.77. The van der Waals surface area contributed by atoms with E-state index in [1.165, 1.54) is 0 Å². The van der Waals surface area contributed by atoms with Crippen molar-refractivity contribution in [2.75, 3.05) is 0 Å². The molecule has 0 saturated carbocycles. The van der Waals surface area contributed by atoms with Crippen LogP contribution in [0.2, 0.25) is 0 Å². The fourth-order valence-corrected chi connectivity index (χ4v) is 2.14. The van der Waals surface area contributed by atoms with Crippen LogP contribution in [0.15, 0.2) is 152 Å². The van der Waals surface area contributed by atoms with Crippen molar-refractivity contribution < 1.29 is 25.5 Å². The van der Waals surface area contributed by atoms with Crippen LogP contribution >= 0.6 is 0 Å². The van der Waals surface area contributed by atoms with E-state index in [9.17, 15) is 0 Å². The molecule has 5 rings (SSSR count). The van der Waals surface area contributed by atoms with Crippen LogP contribution in [0.4, 0.5) is 0 Å². The average molecular weight is 587 g/mol. The van der Waals surface area contributed by atoms with Gasteiger partial charge in [0.25, 0.3) is 0 Å². The summed E-state index contributed by atoms with van der Waals surface area (Å²) < 4.78 is 0. The van der Waals surface area contributed by atoms with Gasteiger partial charge in [0, 0.05) is 0 Å². The lowest BCUT2D eigenvalue weighted by atomic mass is 10.3. The number of hydrogen-bond acceptors (Lipinski definition) is 5. The van der Waals surface area contributed by atoms with Crippen LogP contribution in [0.1, 0.15) is 41.5 Å². The van der Waals surface area contributed by atoms with E-state index < -0.39 is 0 Å². The molecule has 0 saturated heterocycles. The van der Waals surface area contributed by atoms with E-state index in [2.05, 4.69) is 41.5 Å². The minimum absolute atomic E-state index is 0.322. The molecule has 232 valence electrons. The van der Waals surface area contributed by atoms with Crippen LogP contribution in [-0.4, -0.2) is 25.5 Å². The third kappa shape index (κ3) is 37.1. The lowest BCUT2D eigenvalue weighted by Crippen LogP contribution is -1.66. The van der Waals surface area contributed by atoms with Crippen LogP contribution in [0.25, 0.3) is 0 Å². The van der Waals surface area contributed by atoms with Gasteiger partial charge in [-0.2, -0.15) is 0 Å². The summed E-state index contributed by atoms with van der Waals surface area (Å²) in [5.41, 5.74) is 0. The van der Waals surface area contributed by atoms with Gasteiger partial charge in [-0.3, -0.25) is 0 Å². The van der Waals surface area contributed by atoms with Gasteiger partial charge in [0.2, 0.25) is 0 Å². The van der Waals surface area contributed by atoms with Gasteiger partial charge in [-0.15, -0.1) is 0 Å². The second kappa shape index (κ2) is 28.6. The van der Waals surface area contributed by atoms with Gasteiger partial charge in [0.05, 0.1) is 0 Å². The third-order valence-electron chi connectivity index (χ3n) is 3.78. The summed E-state index contributed by atoms with van der Waals surface area (Å²) >= 11 is 0. The zero-order chi connectivity index (χ0) is 32.7. The summed E-state index contributed by atoms with van der Waals surface area (Å²) in [7, 11) is 0. The van der Waals surface area contributed by atoms with Gasteiger partial charge in [-0.25, -0.2) is 0 Å². The molecule has 0 radical (unpaired) electrons. The number of benzene rings is 5. The second-order valence-corrected chi connectivity index (χ2v) is 10.1. The van der Waals surface area contributed by atoms with Crippen molar-refractivity contribution in [2.45, 2.75) is 41.5 Å². The molecule has 0 aliphatic rings. The highest BCUT2D eigenvalue weighted by atomic mass is 16.3. The fraction of sp³-hybridized carbons (Fsp3) is 0.211. The Balaban J connectivity index is 0. The topological polar surface area (TPSA) is 101 Å². The first-order chi connectivity index (χ1) is 20.4. The summed E-state index contributed by atoms with van der Waals surface area (Å²) in [6, 6.07) is 43.6. The van der Waals surface area contributed by atoms with Crippen LogP contribution in [0.3, 0.4) is 0 Å². The quantitative estimate of drug-likeness (QED) is 0.124. The van der Waals surface area contributed by atoms with Crippen molar-refractivity contribution in [1.29, 1.82) is 0 Å². The molecule has 0 aliphatic carbocycles. The highest BCUT2D eigenvalue weighted by molar-refractivity contribution is 5.20. The number of phenolic OH excluding ortho intramolecular Hbond substituents is 5. The van der Waals surface area contributed by atoms with Crippen molar-refractivity contribution in [3.05, 3.63) is 152 Å². The fourth-order valence-electron chi connectivity index (χ4n) is 2.14. The van der Waals surface area contributed by atoms with E-state index in [0.717, 1.165) is 11.8 Å². The van der Waals surface area contributed by atoms with E-state index in [4.69, 9.17) is 25.5 Å². The largest absolute Gasteiger partial charge is 0.508 e. The van der Waals surface area contributed by atoms with Gasteiger partial charge in [-0.1, -0.05) is 133 Å². The van der Waals surface area contributed by atoms with Gasteiger partial charge in [-0.05, 0) is 72.5 Å². The van der Waals surface area contributed by atoms with Crippen molar-refractivity contribution in [3.63, 3.8) is 0 Å². The molecule has 5 nitrogen and oxygen atoms in total. The molecule has 0 aromatic heterocycles. The van der Waals surface area contributed by atoms with Crippen LogP contribution < -0.4 is 0 Å². The van der Waals surface area contributed by atoms with Crippen LogP contribution in [-0.2, 0) is 0 Å². The summed E-state index contributed by atoms with van der Waals surface area (Å²) in [6.45, 7) is 13.0. The molecule has 0 atom stereocenters. The SMILES string of the molecule is CC(C)C.CC(C)C.Oc1ccccc1.Oc1ccccc1.Oc1ccccc1.Oc1ccccc1.Oc1ccccc1. The van der Waals surface area contributed by atoms with Crippen molar-refractivity contribution >= 4 is 0 Å². The predicted octanol–water partition coefficient (Wildman–Crippen LogP) is 10.3. The molecule has 0 spiro atoms. The van der Waals surface area contributed by atoms with Gasteiger partial charge < -0.3 is 25.5 Å². The Hall–Kier alpha value is -4.90. The number of phenols is 5. The molecule has 0 amide bonds. The highest BCUT2D eigenvalue weighted by Crippen LogP contribution is 2.05. The molecular weight excluding hydrogens is 536 g/mol. The van der Waals surface area contributed by atoms with E-state index >= 15 is 0 Å². The van der Waals surface area contributed by atoms with E-state index in [-0.39, 0.29) is 0 Å². The van der Waals surface area contributed by atoms with Crippen molar-refractivity contribution in [1.82, 2.24) is 0 Å². The molecular formula is C38H50O5. The molecule has 0 aliphatic heterocycles. The van der Waals surface area contributed by atoms with E-state index in [1.807, 2.05) is 30.3 Å². The minimum atomic E-state index is 0.322. The number of para-hydroxylation sites is 5. The lowest BCUT2D eigenvalue weighted by molar-refractivity contribution is 0.475. The van der Waals surface area contributed by atoms with Gasteiger partial charge >= 0.3 is 0 Å². The average Bonchev–Trinajstić information content (AvgIpc) is 2.96. The number of hydrogen-bond donors (Lipinski definition) is 5. The molecule has 0 unspecified atom stereocenters. The Kier molecular flexibility index (Phi) is 26.8. The molecule has 0 fully saturated rings. The first-order valence-electron chi connectivity index (χ1n) is 14.1. The molecule has 5 heteroatoms. The molecule has 5 aromatic carbocycles. The van der Waals surface area contributed by atoms with Crippen LogP contribution in [0, 0.1) is 11.8 Å². The Morgan fingerprint density at radius 3 is 0.395 bits per heavy atom. The monoisotopic (exact) mass is 586 g/mol. The predicted molar refractivity (Wildman–Crippen MR) is 182 cm³/mol. The standard InChI is InChI=1S/5C6H6O.2C4H10/c5*7-6-4-2-1-3-5-6;2*1-4(2)3/h5*1-5,7H;2*4H,1-3H3. The molecule has 5 aromatic rings. The first kappa shape index (κ1) is 40.2. The van der Waals surface area contributed by atoms with E-state index in [1.54, 1.807) is 121 Å². The maximum Gasteiger partial charge on any atom is 0.115 e. The van der Waals surface area contributed by atoms with Gasteiger partial charge in [0.15, 0.2) is 0 Å². The Morgan fingerprint density at radius 1 is 0.256 bits per heavy atom. The number of rotatable bonds is 0. The maximum absolute atomic E-state index is 8.63. The number of aromatic hydroxyl groups is 5. The Bertz CT molecular complexity index is 971. The van der Waals surface area contributed by atoms with Gasteiger partial charge in [0.1, 0.15) is 28.7 Å². The minimum Gasteiger partial charge on any atom is -0.508 e. The zero-order valence-electron chi connectivity index (χ0n) is 26.3. The summed E-state index contributed by atoms with van der Waals surface area (Å²) in [4.78, 5) is 0. The second-order valence-electron chi connectivity index (χ2n) is 10.1. The van der Waals surface area contributed by atoms with Crippen LogP contribution in [0.5, 0.6) is 28.7 Å². The van der Waals surface area contributed by atoms with Crippen molar-refractivity contribution in [3.8, 4) is 28.7 Å². The van der Waals surface area contributed by atoms with E-state index in [0.29, 0.717) is 28.7 Å². The summed E-state index contributed by atoms with van der Waals surface area (Å²) in [6.07, 6.45) is 0. The smallest absolute Gasteiger partial charge is 0.115 e.